The van der Waals surface area contributed by atoms with E-state index in [0.717, 1.165) is 45.5 Å². The van der Waals surface area contributed by atoms with Gasteiger partial charge in [0.2, 0.25) is 15.9 Å². The third-order valence-corrected chi connectivity index (χ3v) is 9.38. The van der Waals surface area contributed by atoms with Gasteiger partial charge in [-0.3, -0.25) is 9.89 Å². The van der Waals surface area contributed by atoms with Crippen LogP contribution in [0.25, 0.3) is 21.1 Å². The van der Waals surface area contributed by atoms with Crippen molar-refractivity contribution in [2.45, 2.75) is 19.3 Å². The Kier molecular flexibility index (Phi) is 5.46. The molecule has 35 heavy (non-hydrogen) atoms. The summed E-state index contributed by atoms with van der Waals surface area (Å²) in [5.41, 5.74) is 3.13. The maximum atomic E-state index is 13.2. The number of rotatable bonds is 4. The van der Waals surface area contributed by atoms with E-state index in [0.29, 0.717) is 32.6 Å². The molecule has 6 rings (SSSR count). The van der Waals surface area contributed by atoms with Gasteiger partial charge in [0.1, 0.15) is 17.0 Å². The van der Waals surface area contributed by atoms with Gasteiger partial charge in [0.25, 0.3) is 0 Å². The molecule has 1 saturated heterocycles. The third kappa shape index (κ3) is 4.15. The normalized spacial score (nSPS) is 19.2. The number of anilines is 2. The highest BCUT2D eigenvalue weighted by atomic mass is 32.2. The zero-order valence-corrected chi connectivity index (χ0v) is 20.8. The number of piperazine rings is 1. The highest BCUT2D eigenvalue weighted by Gasteiger charge is 2.34. The first-order valence-electron chi connectivity index (χ1n) is 11.6. The highest BCUT2D eigenvalue weighted by Crippen LogP contribution is 2.41. The number of carbonyl (C=O) groups excluding carboxylic acids is 1. The summed E-state index contributed by atoms with van der Waals surface area (Å²) >= 11 is 1.64. The second-order valence-electron chi connectivity index (χ2n) is 9.13. The molecule has 0 spiro atoms. The molecule has 10 nitrogen and oxygen atoms in total. The van der Waals surface area contributed by atoms with Crippen molar-refractivity contribution < 1.29 is 13.2 Å². The first-order chi connectivity index (χ1) is 16.9. The average molecular weight is 512 g/mol. The number of H-pyrrole nitrogens is 1. The number of benzene rings is 1. The predicted molar refractivity (Wildman–Crippen MR) is 135 cm³/mol. The number of thiophene rings is 1. The van der Waals surface area contributed by atoms with Crippen LogP contribution in [-0.4, -0.2) is 76.1 Å². The van der Waals surface area contributed by atoms with Crippen LogP contribution >= 0.6 is 11.3 Å². The predicted octanol–water partition coefficient (Wildman–Crippen LogP) is 2.52. The molecule has 3 aromatic heterocycles. The van der Waals surface area contributed by atoms with Crippen molar-refractivity contribution in [3.05, 3.63) is 41.2 Å². The Morgan fingerprint density at radius 2 is 2.03 bits per heavy atom. The minimum absolute atomic E-state index is 0.0896. The molecular weight excluding hydrogens is 486 g/mol. The standard InChI is InChI=1S/C23H25N7O3S2/c1-35(32,33)30-8-6-29(7-9-30)23(31)14-2-4-17-19(11-14)34-22-20(17)21(24-13-25-22)27-16-3-5-18-15(10-16)12-26-28-18/h3,5,10,12-14H,2,4,6-9,11H2,1H3,(H,26,28)(H,24,25,27). The maximum Gasteiger partial charge on any atom is 0.226 e. The van der Waals surface area contributed by atoms with E-state index in [1.54, 1.807) is 23.9 Å². The molecule has 182 valence electrons. The van der Waals surface area contributed by atoms with Crippen molar-refractivity contribution in [3.8, 4) is 0 Å². The number of nitrogens with one attached hydrogen (secondary N) is 2. The number of amides is 1. The van der Waals surface area contributed by atoms with Gasteiger partial charge in [-0.25, -0.2) is 18.4 Å². The molecule has 1 fully saturated rings. The Labute approximate surface area is 206 Å². The van der Waals surface area contributed by atoms with E-state index in [1.807, 2.05) is 23.1 Å². The largest absolute Gasteiger partial charge is 0.340 e. The molecule has 4 heterocycles. The first-order valence-corrected chi connectivity index (χ1v) is 14.2. The summed E-state index contributed by atoms with van der Waals surface area (Å²) in [5.74, 6) is 0.810. The molecule has 1 aliphatic carbocycles. The number of aryl methyl sites for hydroxylation is 1. The van der Waals surface area contributed by atoms with Crippen molar-refractivity contribution in [1.82, 2.24) is 29.4 Å². The lowest BCUT2D eigenvalue weighted by atomic mass is 9.86. The zero-order valence-electron chi connectivity index (χ0n) is 19.2. The molecule has 12 heteroatoms. The van der Waals surface area contributed by atoms with E-state index >= 15 is 0 Å². The molecule has 2 N–H and O–H groups in total. The van der Waals surface area contributed by atoms with Gasteiger partial charge in [0.15, 0.2) is 0 Å². The van der Waals surface area contributed by atoms with Crippen LogP contribution in [0.15, 0.2) is 30.7 Å². The van der Waals surface area contributed by atoms with Crippen LogP contribution in [0.1, 0.15) is 16.9 Å². The fourth-order valence-electron chi connectivity index (χ4n) is 5.07. The Bertz CT molecular complexity index is 1540. The Hall–Kier alpha value is -3.09. The summed E-state index contributed by atoms with van der Waals surface area (Å²) in [6.45, 7) is 1.62. The zero-order chi connectivity index (χ0) is 24.2. The second-order valence-corrected chi connectivity index (χ2v) is 12.2. The molecule has 2 aliphatic rings. The van der Waals surface area contributed by atoms with Crippen molar-refractivity contribution >= 4 is 59.9 Å². The number of hydrogen-bond donors (Lipinski definition) is 2. The van der Waals surface area contributed by atoms with Gasteiger partial charge in [-0.05, 0) is 43.0 Å². The lowest BCUT2D eigenvalue weighted by molar-refractivity contribution is -0.137. The first kappa shape index (κ1) is 22.4. The molecule has 1 aromatic carbocycles. The van der Waals surface area contributed by atoms with E-state index < -0.39 is 10.0 Å². The van der Waals surface area contributed by atoms with Crippen LogP contribution in [0.2, 0.25) is 0 Å². The van der Waals surface area contributed by atoms with Crippen molar-refractivity contribution in [1.29, 1.82) is 0 Å². The van der Waals surface area contributed by atoms with Crippen LogP contribution in [0.3, 0.4) is 0 Å². The molecule has 0 saturated carbocycles. The van der Waals surface area contributed by atoms with Crippen LogP contribution in [0.4, 0.5) is 11.5 Å². The SMILES string of the molecule is CS(=O)(=O)N1CCN(C(=O)C2CCc3c(sc4ncnc(Nc5ccc6[nH]ncc6c5)c34)C2)CC1. The van der Waals surface area contributed by atoms with Crippen LogP contribution in [0, 0.1) is 5.92 Å². The summed E-state index contributed by atoms with van der Waals surface area (Å²) in [5, 5.41) is 12.5. The number of aromatic nitrogens is 4. The summed E-state index contributed by atoms with van der Waals surface area (Å²) in [7, 11) is -3.22. The minimum Gasteiger partial charge on any atom is -0.340 e. The van der Waals surface area contributed by atoms with E-state index in [9.17, 15) is 13.2 Å². The Balaban J connectivity index is 1.22. The van der Waals surface area contributed by atoms with E-state index in [4.69, 9.17) is 0 Å². The van der Waals surface area contributed by atoms with Crippen LogP contribution < -0.4 is 5.32 Å². The lowest BCUT2D eigenvalue weighted by Gasteiger charge is -2.36. The minimum atomic E-state index is -3.22. The van der Waals surface area contributed by atoms with E-state index in [2.05, 4.69) is 25.5 Å². The van der Waals surface area contributed by atoms with Crippen molar-refractivity contribution in [3.63, 3.8) is 0 Å². The molecule has 1 unspecified atom stereocenters. The molecule has 0 bridgehead atoms. The smallest absolute Gasteiger partial charge is 0.226 e. The van der Waals surface area contributed by atoms with Crippen LogP contribution in [-0.2, 0) is 27.7 Å². The molecule has 1 atom stereocenters. The maximum absolute atomic E-state index is 13.2. The summed E-state index contributed by atoms with van der Waals surface area (Å²) in [6, 6.07) is 6.01. The molecule has 1 amide bonds. The van der Waals surface area contributed by atoms with Gasteiger partial charge in [-0.2, -0.15) is 9.40 Å². The monoisotopic (exact) mass is 511 g/mol. The molecular formula is C23H25N7O3S2. The fraction of sp³-hybridized carbons (Fsp3) is 0.391. The van der Waals surface area contributed by atoms with E-state index in [1.165, 1.54) is 21.0 Å². The molecule has 1 aliphatic heterocycles. The number of fused-ring (bicyclic) bond motifs is 4. The summed E-state index contributed by atoms with van der Waals surface area (Å²) < 4.78 is 25.0. The van der Waals surface area contributed by atoms with Crippen molar-refractivity contribution in [2.75, 3.05) is 37.8 Å². The third-order valence-electron chi connectivity index (χ3n) is 6.92. The number of sulfonamides is 1. The molecule has 4 aromatic rings. The number of carbonyl (C=O) groups is 1. The van der Waals surface area contributed by atoms with Gasteiger partial charge >= 0.3 is 0 Å². The van der Waals surface area contributed by atoms with E-state index in [-0.39, 0.29) is 11.8 Å². The van der Waals surface area contributed by atoms with Gasteiger partial charge in [0, 0.05) is 48.0 Å². The highest BCUT2D eigenvalue weighted by molar-refractivity contribution is 7.88. The van der Waals surface area contributed by atoms with Gasteiger partial charge < -0.3 is 10.2 Å². The topological polar surface area (TPSA) is 124 Å². The number of nitrogens with zero attached hydrogens (tertiary/aromatic N) is 5. The second kappa shape index (κ2) is 8.54. The van der Waals surface area contributed by atoms with Gasteiger partial charge in [-0.15, -0.1) is 11.3 Å². The molecule has 0 radical (unpaired) electrons. The van der Waals surface area contributed by atoms with Gasteiger partial charge in [0.05, 0.1) is 23.4 Å². The Morgan fingerprint density at radius 1 is 1.20 bits per heavy atom. The van der Waals surface area contributed by atoms with Crippen molar-refractivity contribution in [2.24, 2.45) is 5.92 Å². The fourth-order valence-corrected chi connectivity index (χ4v) is 7.16. The average Bonchev–Trinajstić information content (AvgIpc) is 3.47. The Morgan fingerprint density at radius 3 is 2.83 bits per heavy atom. The summed E-state index contributed by atoms with van der Waals surface area (Å²) in [6.07, 6.45) is 6.82. The van der Waals surface area contributed by atoms with Crippen LogP contribution in [0.5, 0.6) is 0 Å². The lowest BCUT2D eigenvalue weighted by Crippen LogP contribution is -2.52. The summed E-state index contributed by atoms with van der Waals surface area (Å²) in [4.78, 5) is 26.2. The van der Waals surface area contributed by atoms with Gasteiger partial charge in [-0.1, -0.05) is 0 Å². The number of aromatic amines is 1. The number of hydrogen-bond acceptors (Lipinski definition) is 8. The quantitative estimate of drug-likeness (QED) is 0.431.